The molecule has 4 aromatic rings. The molecule has 232 valence electrons. The van der Waals surface area contributed by atoms with Gasteiger partial charge in [0, 0.05) is 10.8 Å². The molecule has 8 rings (SSSR count). The van der Waals surface area contributed by atoms with E-state index in [2.05, 4.69) is 53.6 Å². The predicted molar refractivity (Wildman–Crippen MR) is 169 cm³/mol. The van der Waals surface area contributed by atoms with Gasteiger partial charge in [0.25, 0.3) is 12.3 Å². The van der Waals surface area contributed by atoms with E-state index in [1.54, 1.807) is 6.07 Å². The molecular weight excluding hydrogens is 599 g/mol. The molecule has 3 N–H and O–H groups in total. The Bertz CT molecular complexity index is 1710. The van der Waals surface area contributed by atoms with E-state index in [0.717, 1.165) is 62.1 Å². The van der Waals surface area contributed by atoms with Crippen molar-refractivity contribution in [3.8, 4) is 11.5 Å². The molecule has 4 aromatic carbocycles. The molecule has 0 spiro atoms. The van der Waals surface area contributed by atoms with Gasteiger partial charge >= 0.3 is 29.6 Å². The van der Waals surface area contributed by atoms with Gasteiger partial charge in [-0.05, 0) is 131 Å². The van der Waals surface area contributed by atoms with Gasteiger partial charge in [0.2, 0.25) is 0 Å². The Balaban J connectivity index is 0.000000158. The number of hydrogen-bond donors (Lipinski definition) is 3. The molecule has 4 aliphatic rings. The summed E-state index contributed by atoms with van der Waals surface area (Å²) in [6, 6.07) is 20.1. The second kappa shape index (κ2) is 13.0. The monoisotopic (exact) mass is 638 g/mol. The summed E-state index contributed by atoms with van der Waals surface area (Å²) < 4.78 is 9.36. The number of phenols is 1. The van der Waals surface area contributed by atoms with E-state index in [-0.39, 0.29) is 52.6 Å². The van der Waals surface area contributed by atoms with Crippen molar-refractivity contribution < 1.29 is 63.7 Å². The first-order valence-electron chi connectivity index (χ1n) is 15.7. The van der Waals surface area contributed by atoms with Crippen molar-refractivity contribution in [2.45, 2.75) is 89.3 Å². The molecule has 0 radical (unpaired) electrons. The number of rotatable bonds is 4. The number of benzene rings is 4. The third-order valence-electron chi connectivity index (χ3n) is 11.6. The maximum Gasteiger partial charge on any atom is 1.00 e. The number of fused-ring (bicyclic) bond motifs is 10. The fourth-order valence-corrected chi connectivity index (χ4v) is 9.27. The molecule has 2 fully saturated rings. The zero-order valence-corrected chi connectivity index (χ0v) is 28.9. The average Bonchev–Trinajstić information content (AvgIpc) is 3.51. The van der Waals surface area contributed by atoms with Crippen molar-refractivity contribution in [3.05, 3.63) is 82.9 Å². The van der Waals surface area contributed by atoms with Crippen LogP contribution in [0.4, 0.5) is 0 Å². The van der Waals surface area contributed by atoms with Crippen LogP contribution in [0.2, 0.25) is 0 Å². The van der Waals surface area contributed by atoms with E-state index in [1.165, 1.54) is 33.0 Å². The molecule has 6 atom stereocenters. The van der Waals surface area contributed by atoms with Crippen LogP contribution < -0.4 is 39.0 Å². The number of aliphatic hydroxyl groups excluding tert-OH is 2. The normalized spacial score (nSPS) is 29.5. The molecule has 0 heterocycles. The van der Waals surface area contributed by atoms with Gasteiger partial charge < -0.3 is 24.8 Å². The first kappa shape index (κ1) is 33.1. The Morgan fingerprint density at radius 2 is 1.27 bits per heavy atom. The Labute approximate surface area is 290 Å². The largest absolute Gasteiger partial charge is 1.00 e. The number of phenolic OH excluding ortho intramolecular Hbond substituents is 1. The standard InChI is InChI=1S/C18H20O5S.C18H20O2.Na/c1-18-9-8-14-13-5-3-12(21-24-23-22-20)10-11(13)2-4-15(14)16(18)6-7-17(18)19;1-18-9-8-14-13-5-3-12(19)10-11(13)2-4-15(14)16(18)6-7-17(18)20;/h2-5,10,16-17,19-20H,6-9H2,1H3;2-5,10,16-17,19-20H,6-9H2,1H3;/q;;+1/p-1/t2*16?,17-,18?;/m00./s1. The fraction of sp³-hybridized carbons (Fsp3) is 0.444. The minimum absolute atomic E-state index is 0. The maximum atomic E-state index is 10.4. The zero-order chi connectivity index (χ0) is 30.6. The van der Waals surface area contributed by atoms with Crippen LogP contribution in [0, 0.1) is 10.8 Å². The third kappa shape index (κ3) is 5.70. The van der Waals surface area contributed by atoms with Crippen LogP contribution in [-0.2, 0) is 22.2 Å². The molecule has 0 amide bonds. The second-order valence-electron chi connectivity index (χ2n) is 13.6. The molecular formula is C36H39NaO7S. The first-order chi connectivity index (χ1) is 21.2. The van der Waals surface area contributed by atoms with E-state index in [1.807, 2.05) is 24.3 Å². The quantitative estimate of drug-likeness (QED) is 0.101. The minimum atomic E-state index is -0.192. The fourth-order valence-electron chi connectivity index (χ4n) is 9.04. The van der Waals surface area contributed by atoms with Crippen LogP contribution in [0.5, 0.6) is 11.5 Å². The SMILES string of the molecule is CC12CCc3c(ccc4cc(O)ccc34)C1CC[C@@H]2O.CC12CCc3c(ccc4cc(OSOO[O-])ccc34)C1CC[C@@H]2O.[Na+]. The molecule has 0 aliphatic heterocycles. The molecule has 4 aliphatic carbocycles. The summed E-state index contributed by atoms with van der Waals surface area (Å²) in [6.45, 7) is 4.48. The summed E-state index contributed by atoms with van der Waals surface area (Å²) in [5.41, 5.74) is 5.70. The van der Waals surface area contributed by atoms with E-state index in [0.29, 0.717) is 35.7 Å². The zero-order valence-electron chi connectivity index (χ0n) is 26.1. The third-order valence-corrected chi connectivity index (χ3v) is 12.0. The van der Waals surface area contributed by atoms with Crippen LogP contribution in [-0.4, -0.2) is 27.5 Å². The number of aromatic hydroxyl groups is 1. The number of aliphatic hydroxyl groups is 2. The molecule has 45 heavy (non-hydrogen) atoms. The molecule has 9 heteroatoms. The summed E-state index contributed by atoms with van der Waals surface area (Å²) in [6.07, 6.45) is 7.71. The van der Waals surface area contributed by atoms with E-state index >= 15 is 0 Å². The smallest absolute Gasteiger partial charge is 0.691 e. The van der Waals surface area contributed by atoms with Crippen LogP contribution >= 0.6 is 12.3 Å². The van der Waals surface area contributed by atoms with Gasteiger partial charge in [-0.3, -0.25) is 5.04 Å². The second-order valence-corrected chi connectivity index (χ2v) is 14.1. The summed E-state index contributed by atoms with van der Waals surface area (Å²) in [5, 5.41) is 48.1. The van der Waals surface area contributed by atoms with Gasteiger partial charge in [0.05, 0.1) is 12.2 Å². The van der Waals surface area contributed by atoms with E-state index in [4.69, 9.17) is 4.18 Å². The van der Waals surface area contributed by atoms with Gasteiger partial charge in [-0.2, -0.15) is 0 Å². The van der Waals surface area contributed by atoms with Crippen LogP contribution in [0.15, 0.2) is 60.7 Å². The van der Waals surface area contributed by atoms with Gasteiger partial charge in [0.1, 0.15) is 11.5 Å². The Morgan fingerprint density at radius 3 is 1.82 bits per heavy atom. The van der Waals surface area contributed by atoms with Crippen molar-refractivity contribution in [1.82, 2.24) is 0 Å². The maximum absolute atomic E-state index is 10.4. The summed E-state index contributed by atoms with van der Waals surface area (Å²) in [5.74, 6) is 1.85. The number of hydrogen-bond acceptors (Lipinski definition) is 8. The van der Waals surface area contributed by atoms with Crippen molar-refractivity contribution in [1.29, 1.82) is 0 Å². The van der Waals surface area contributed by atoms with Gasteiger partial charge in [-0.25, -0.2) is 0 Å². The molecule has 2 saturated carbocycles. The van der Waals surface area contributed by atoms with Gasteiger partial charge in [0.15, 0.2) is 0 Å². The van der Waals surface area contributed by atoms with Crippen LogP contribution in [0.1, 0.15) is 86.5 Å². The molecule has 7 nitrogen and oxygen atoms in total. The Hall–Kier alpha value is -1.85. The Kier molecular flexibility index (Phi) is 9.54. The van der Waals surface area contributed by atoms with Gasteiger partial charge in [-0.15, -0.1) is 4.33 Å². The van der Waals surface area contributed by atoms with Crippen LogP contribution in [0.25, 0.3) is 21.5 Å². The predicted octanol–water partition coefficient (Wildman–Crippen LogP) is 3.94. The van der Waals surface area contributed by atoms with Crippen molar-refractivity contribution >= 4 is 33.9 Å². The number of aryl methyl sites for hydroxylation is 2. The topological polar surface area (TPSA) is 111 Å². The molecule has 4 unspecified atom stereocenters. The summed E-state index contributed by atoms with van der Waals surface area (Å²) >= 11 is 0.493. The molecule has 0 aromatic heterocycles. The van der Waals surface area contributed by atoms with Crippen molar-refractivity contribution in [2.24, 2.45) is 10.8 Å². The summed E-state index contributed by atoms with van der Waals surface area (Å²) in [7, 11) is 0. The van der Waals surface area contributed by atoms with E-state index in [9.17, 15) is 20.6 Å². The van der Waals surface area contributed by atoms with Crippen molar-refractivity contribution in [2.75, 3.05) is 0 Å². The minimum Gasteiger partial charge on any atom is -0.691 e. The first-order valence-corrected chi connectivity index (χ1v) is 16.4. The van der Waals surface area contributed by atoms with Crippen LogP contribution in [0.3, 0.4) is 0 Å². The average molecular weight is 639 g/mol. The molecule has 0 bridgehead atoms. The Morgan fingerprint density at radius 1 is 0.733 bits per heavy atom. The molecule has 0 saturated heterocycles. The van der Waals surface area contributed by atoms with E-state index < -0.39 is 0 Å². The van der Waals surface area contributed by atoms with Crippen molar-refractivity contribution in [3.63, 3.8) is 0 Å². The summed E-state index contributed by atoms with van der Waals surface area (Å²) in [4.78, 5) is 0. The van der Waals surface area contributed by atoms with Gasteiger partial charge in [-0.1, -0.05) is 50.2 Å².